The van der Waals surface area contributed by atoms with Gasteiger partial charge in [0.05, 0.1) is 0 Å². The highest BCUT2D eigenvalue weighted by Crippen LogP contribution is 2.26. The second-order valence-electron chi connectivity index (χ2n) is 7.07. The van der Waals surface area contributed by atoms with E-state index >= 15 is 0 Å². The van der Waals surface area contributed by atoms with Crippen molar-refractivity contribution in [3.8, 4) is 11.5 Å². The molecule has 4 aromatic carbocycles. The minimum Gasteiger partial charge on any atom is -0.512 e. The summed E-state index contributed by atoms with van der Waals surface area (Å²) in [7, 11) is -2.76. The molecule has 0 unspecified atom stereocenters. The van der Waals surface area contributed by atoms with E-state index in [-0.39, 0.29) is 0 Å². The van der Waals surface area contributed by atoms with Gasteiger partial charge in [-0.1, -0.05) is 97.1 Å². The summed E-state index contributed by atoms with van der Waals surface area (Å²) in [6.07, 6.45) is 0. The number of benzene rings is 4. The van der Waals surface area contributed by atoms with E-state index in [1.165, 1.54) is 11.1 Å². The first-order chi connectivity index (χ1) is 14.3. The summed E-state index contributed by atoms with van der Waals surface area (Å²) in [6, 6.07) is 42.5. The Balaban J connectivity index is 1.75. The predicted molar refractivity (Wildman–Crippen MR) is 120 cm³/mol. The molecule has 0 amide bonds. The predicted octanol–water partition coefficient (Wildman–Crippen LogP) is 6.15. The highest BCUT2D eigenvalue weighted by Gasteiger charge is 2.43. The van der Waals surface area contributed by atoms with Crippen molar-refractivity contribution in [3.63, 3.8) is 0 Å². The fourth-order valence-electron chi connectivity index (χ4n) is 3.45. The molecule has 0 aromatic heterocycles. The van der Waals surface area contributed by atoms with E-state index in [1.54, 1.807) is 0 Å². The van der Waals surface area contributed by atoms with Crippen LogP contribution in [0.15, 0.2) is 121 Å². The van der Waals surface area contributed by atoms with Crippen LogP contribution in [0.2, 0.25) is 0 Å². The highest BCUT2D eigenvalue weighted by atomic mass is 28.4. The van der Waals surface area contributed by atoms with E-state index in [0.717, 1.165) is 23.6 Å². The summed E-state index contributed by atoms with van der Waals surface area (Å²) >= 11 is 0. The van der Waals surface area contributed by atoms with E-state index < -0.39 is 8.56 Å². The van der Waals surface area contributed by atoms with Gasteiger partial charge in [0, 0.05) is 12.1 Å². The number of rotatable bonds is 8. The van der Waals surface area contributed by atoms with Gasteiger partial charge in [0.1, 0.15) is 11.5 Å². The van der Waals surface area contributed by atoms with Gasteiger partial charge < -0.3 is 8.85 Å². The maximum absolute atomic E-state index is 6.73. The van der Waals surface area contributed by atoms with Gasteiger partial charge in [0.15, 0.2) is 0 Å². The topological polar surface area (TPSA) is 18.5 Å². The molecule has 144 valence electrons. The second kappa shape index (κ2) is 9.26. The Bertz CT molecular complexity index is 818. The van der Waals surface area contributed by atoms with E-state index in [9.17, 15) is 0 Å². The van der Waals surface area contributed by atoms with Gasteiger partial charge in [-0.05, 0) is 35.4 Å². The van der Waals surface area contributed by atoms with Crippen molar-refractivity contribution in [1.29, 1.82) is 0 Å². The molecule has 2 nitrogen and oxygen atoms in total. The third-order valence-electron chi connectivity index (χ3n) is 4.73. The largest absolute Gasteiger partial charge is 0.512 e. The molecule has 0 N–H and O–H groups in total. The third kappa shape index (κ3) is 5.37. The van der Waals surface area contributed by atoms with Crippen molar-refractivity contribution in [2.75, 3.05) is 0 Å². The normalized spacial score (nSPS) is 11.0. The van der Waals surface area contributed by atoms with Crippen LogP contribution in [-0.4, -0.2) is 8.56 Å². The lowest BCUT2D eigenvalue weighted by Gasteiger charge is -2.32. The highest BCUT2D eigenvalue weighted by molar-refractivity contribution is 6.67. The molecule has 0 saturated heterocycles. The molecule has 0 aliphatic heterocycles. The Morgan fingerprint density at radius 2 is 0.724 bits per heavy atom. The molecule has 3 heteroatoms. The minimum absolute atomic E-state index is 0.756. The molecular weight excluding hydrogens is 372 g/mol. The molecule has 0 bridgehead atoms. The zero-order chi connectivity index (χ0) is 19.8. The smallest absolute Gasteiger partial charge is 0.469 e. The number of hydrogen-bond donors (Lipinski definition) is 0. The molecule has 0 heterocycles. The summed E-state index contributed by atoms with van der Waals surface area (Å²) in [5.41, 5.74) is 2.45. The summed E-state index contributed by atoms with van der Waals surface area (Å²) in [6.45, 7) is 0. The van der Waals surface area contributed by atoms with Crippen LogP contribution in [0.1, 0.15) is 11.1 Å². The van der Waals surface area contributed by atoms with Crippen LogP contribution >= 0.6 is 0 Å². The Kier molecular flexibility index (Phi) is 6.08. The maximum Gasteiger partial charge on any atom is 0.469 e. The van der Waals surface area contributed by atoms with Crippen molar-refractivity contribution in [2.45, 2.75) is 12.1 Å². The standard InChI is InChI=1S/C26H24O2Si/c1-5-13-23(14-6-1)21-29(22-24-15-7-2-8-16-24,27-25-17-9-3-10-18-25)28-26-19-11-4-12-20-26/h1-20H,21-22H2. The van der Waals surface area contributed by atoms with Gasteiger partial charge >= 0.3 is 8.56 Å². The third-order valence-corrected chi connectivity index (χ3v) is 7.84. The second-order valence-corrected chi connectivity index (χ2v) is 10.0. The van der Waals surface area contributed by atoms with Gasteiger partial charge in [0.2, 0.25) is 0 Å². The number of para-hydroxylation sites is 2. The van der Waals surface area contributed by atoms with Crippen molar-refractivity contribution < 1.29 is 8.85 Å². The molecule has 0 aliphatic carbocycles. The summed E-state index contributed by atoms with van der Waals surface area (Å²) < 4.78 is 13.5. The lowest BCUT2D eigenvalue weighted by atomic mass is 10.2. The Morgan fingerprint density at radius 3 is 1.07 bits per heavy atom. The van der Waals surface area contributed by atoms with Crippen molar-refractivity contribution in [3.05, 3.63) is 132 Å². The Labute approximate surface area is 173 Å². The monoisotopic (exact) mass is 396 g/mol. The molecule has 29 heavy (non-hydrogen) atoms. The molecule has 0 aliphatic rings. The van der Waals surface area contributed by atoms with Gasteiger partial charge in [-0.2, -0.15) is 0 Å². The maximum atomic E-state index is 6.73. The van der Waals surface area contributed by atoms with Gasteiger partial charge in [0.25, 0.3) is 0 Å². The molecule has 0 saturated carbocycles. The van der Waals surface area contributed by atoms with Crippen LogP contribution in [-0.2, 0) is 12.1 Å². The van der Waals surface area contributed by atoms with Gasteiger partial charge in [-0.25, -0.2) is 0 Å². The first-order valence-electron chi connectivity index (χ1n) is 9.87. The van der Waals surface area contributed by atoms with Crippen LogP contribution in [0, 0.1) is 0 Å². The Morgan fingerprint density at radius 1 is 0.414 bits per heavy atom. The fourth-order valence-corrected chi connectivity index (χ4v) is 6.75. The van der Waals surface area contributed by atoms with Crippen molar-refractivity contribution in [1.82, 2.24) is 0 Å². The molecule has 4 rings (SSSR count). The first-order valence-corrected chi connectivity index (χ1v) is 12.1. The molecular formula is C26H24O2Si. The van der Waals surface area contributed by atoms with Crippen LogP contribution in [0.5, 0.6) is 11.5 Å². The summed E-state index contributed by atoms with van der Waals surface area (Å²) in [5, 5.41) is 0. The lowest BCUT2D eigenvalue weighted by molar-refractivity contribution is 0.376. The Hall–Kier alpha value is -3.30. The molecule has 0 spiro atoms. The fraction of sp³-hybridized carbons (Fsp3) is 0.0769. The molecule has 0 radical (unpaired) electrons. The van der Waals surface area contributed by atoms with E-state index in [0.29, 0.717) is 0 Å². The quantitative estimate of drug-likeness (QED) is 0.333. The summed E-state index contributed by atoms with van der Waals surface area (Å²) in [4.78, 5) is 0. The number of hydrogen-bond acceptors (Lipinski definition) is 2. The van der Waals surface area contributed by atoms with E-state index in [4.69, 9.17) is 8.85 Å². The lowest BCUT2D eigenvalue weighted by Crippen LogP contribution is -2.54. The van der Waals surface area contributed by atoms with Crippen molar-refractivity contribution >= 4 is 8.56 Å². The van der Waals surface area contributed by atoms with Gasteiger partial charge in [-0.15, -0.1) is 0 Å². The van der Waals surface area contributed by atoms with Gasteiger partial charge in [-0.3, -0.25) is 0 Å². The van der Waals surface area contributed by atoms with Crippen molar-refractivity contribution in [2.24, 2.45) is 0 Å². The minimum atomic E-state index is -2.76. The zero-order valence-electron chi connectivity index (χ0n) is 16.3. The van der Waals surface area contributed by atoms with Crippen LogP contribution in [0.4, 0.5) is 0 Å². The molecule has 0 fully saturated rings. The van der Waals surface area contributed by atoms with Crippen LogP contribution in [0.3, 0.4) is 0 Å². The molecule has 4 aromatic rings. The average Bonchev–Trinajstić information content (AvgIpc) is 2.76. The summed E-state index contributed by atoms with van der Waals surface area (Å²) in [5.74, 6) is 1.70. The first kappa shape index (κ1) is 19.0. The SMILES string of the molecule is c1ccc(C[Si](Cc2ccccc2)(Oc2ccccc2)Oc2ccccc2)cc1. The average molecular weight is 397 g/mol. The van der Waals surface area contributed by atoms with E-state index in [2.05, 4.69) is 48.5 Å². The van der Waals surface area contributed by atoms with E-state index in [1.807, 2.05) is 72.8 Å². The zero-order valence-corrected chi connectivity index (χ0v) is 17.3. The molecule has 0 atom stereocenters. The van der Waals surface area contributed by atoms with Crippen LogP contribution in [0.25, 0.3) is 0 Å². The van der Waals surface area contributed by atoms with Crippen LogP contribution < -0.4 is 8.85 Å².